The summed E-state index contributed by atoms with van der Waals surface area (Å²) in [4.78, 5) is 25.2. The van der Waals surface area contributed by atoms with E-state index in [1.165, 1.54) is 5.57 Å². The van der Waals surface area contributed by atoms with Gasteiger partial charge in [-0.3, -0.25) is 0 Å². The van der Waals surface area contributed by atoms with Gasteiger partial charge in [-0.05, 0) is 70.6 Å². The molecule has 0 aliphatic heterocycles. The molecule has 5 heteroatoms. The Morgan fingerprint density at radius 1 is 1.06 bits per heavy atom. The van der Waals surface area contributed by atoms with Crippen molar-refractivity contribution in [3.63, 3.8) is 0 Å². The Morgan fingerprint density at radius 3 is 2.47 bits per heavy atom. The molecule has 4 aliphatic rings. The van der Waals surface area contributed by atoms with Gasteiger partial charge in [0.25, 0.3) is 0 Å². The summed E-state index contributed by atoms with van der Waals surface area (Å²) >= 11 is 0. The average Bonchev–Trinajstić information content (AvgIpc) is 3.30. The summed E-state index contributed by atoms with van der Waals surface area (Å²) in [6, 6.07) is 0. The molecule has 0 radical (unpaired) electrons. The second-order valence-corrected chi connectivity index (χ2v) is 11.0. The molecule has 2 fully saturated rings. The Hall–Kier alpha value is -2.14. The van der Waals surface area contributed by atoms with Crippen LogP contribution in [0.25, 0.3) is 0 Å². The van der Waals surface area contributed by atoms with Crippen molar-refractivity contribution in [2.24, 2.45) is 23.2 Å². The normalized spacial score (nSPS) is 39.0. The fraction of sp³-hybridized carbons (Fsp3) is 0.630. The van der Waals surface area contributed by atoms with Crippen molar-refractivity contribution in [2.45, 2.75) is 70.5 Å². The number of methoxy groups -OCH3 is 1. The van der Waals surface area contributed by atoms with Gasteiger partial charge in [0.15, 0.2) is 0 Å². The first kappa shape index (κ1) is 23.0. The molecule has 0 aromatic rings. The van der Waals surface area contributed by atoms with E-state index >= 15 is 0 Å². The molecule has 0 aromatic heterocycles. The van der Waals surface area contributed by atoms with E-state index in [1.54, 1.807) is 14.0 Å². The van der Waals surface area contributed by atoms with E-state index in [9.17, 15) is 9.59 Å². The minimum Gasteiger partial charge on any atom is -0.456 e. The number of ether oxygens (including phenoxy) is 3. The first-order valence-corrected chi connectivity index (χ1v) is 11.7. The van der Waals surface area contributed by atoms with E-state index in [1.807, 2.05) is 13.8 Å². The Balaban J connectivity index is 1.38. The predicted molar refractivity (Wildman–Crippen MR) is 123 cm³/mol. The van der Waals surface area contributed by atoms with Gasteiger partial charge in [0.2, 0.25) is 0 Å². The molecule has 32 heavy (non-hydrogen) atoms. The average molecular weight is 441 g/mol. The SMILES string of the molecule is C=C(C)C(=O)OC1(C)CC2C=C(CC(=C)C(=O)OC3(C)CC4C=CC3(COC)C4)C(C2)C1. The zero-order chi connectivity index (χ0) is 23.3. The predicted octanol–water partition coefficient (Wildman–Crippen LogP) is 5.08. The lowest BCUT2D eigenvalue weighted by atomic mass is 9.75. The second kappa shape index (κ2) is 8.02. The first-order valence-electron chi connectivity index (χ1n) is 11.7. The largest absolute Gasteiger partial charge is 0.456 e. The van der Waals surface area contributed by atoms with Crippen molar-refractivity contribution in [2.75, 3.05) is 13.7 Å². The molecule has 6 atom stereocenters. The quantitative estimate of drug-likeness (QED) is 0.299. The molecule has 4 bridgehead atoms. The molecule has 174 valence electrons. The van der Waals surface area contributed by atoms with Crippen LogP contribution in [0.3, 0.4) is 0 Å². The number of rotatable bonds is 8. The van der Waals surface area contributed by atoms with Gasteiger partial charge >= 0.3 is 11.9 Å². The maximum Gasteiger partial charge on any atom is 0.334 e. The van der Waals surface area contributed by atoms with Crippen LogP contribution in [0.4, 0.5) is 0 Å². The minimum absolute atomic E-state index is 0.249. The Kier molecular flexibility index (Phi) is 5.77. The summed E-state index contributed by atoms with van der Waals surface area (Å²) < 4.78 is 17.4. The molecule has 0 N–H and O–H groups in total. The molecular formula is C27H36O5. The van der Waals surface area contributed by atoms with Gasteiger partial charge in [-0.1, -0.05) is 37.0 Å². The van der Waals surface area contributed by atoms with Gasteiger partial charge < -0.3 is 14.2 Å². The molecule has 2 saturated carbocycles. The molecular weight excluding hydrogens is 404 g/mol. The van der Waals surface area contributed by atoms with Crippen LogP contribution in [0.1, 0.15) is 59.3 Å². The molecule has 0 saturated heterocycles. The van der Waals surface area contributed by atoms with Crippen molar-refractivity contribution in [1.29, 1.82) is 0 Å². The van der Waals surface area contributed by atoms with Crippen LogP contribution in [0.5, 0.6) is 0 Å². The number of carbonyl (C=O) groups is 2. The number of hydrogen-bond acceptors (Lipinski definition) is 5. The maximum absolute atomic E-state index is 13.1. The molecule has 4 rings (SSSR count). The van der Waals surface area contributed by atoms with Crippen molar-refractivity contribution >= 4 is 11.9 Å². The summed E-state index contributed by atoms with van der Waals surface area (Å²) in [5.74, 6) is 0.438. The van der Waals surface area contributed by atoms with Crippen LogP contribution in [0, 0.1) is 23.2 Å². The van der Waals surface area contributed by atoms with E-state index < -0.39 is 11.2 Å². The third kappa shape index (κ3) is 4.00. The zero-order valence-corrected chi connectivity index (χ0v) is 19.9. The number of fused-ring (bicyclic) bond motifs is 4. The maximum atomic E-state index is 13.1. The van der Waals surface area contributed by atoms with E-state index in [2.05, 4.69) is 31.4 Å². The van der Waals surface area contributed by atoms with E-state index in [4.69, 9.17) is 14.2 Å². The highest BCUT2D eigenvalue weighted by Crippen LogP contribution is 2.57. The fourth-order valence-electron chi connectivity index (χ4n) is 6.55. The Labute approximate surface area is 191 Å². The van der Waals surface area contributed by atoms with Crippen LogP contribution in [0.15, 0.2) is 48.1 Å². The van der Waals surface area contributed by atoms with Crippen LogP contribution in [0.2, 0.25) is 0 Å². The number of carbonyl (C=O) groups excluding carboxylic acids is 2. The van der Waals surface area contributed by atoms with E-state index in [0.29, 0.717) is 41.9 Å². The van der Waals surface area contributed by atoms with Crippen molar-refractivity contribution in [1.82, 2.24) is 0 Å². The highest BCUT2D eigenvalue weighted by atomic mass is 16.6. The van der Waals surface area contributed by atoms with Gasteiger partial charge in [-0.25, -0.2) is 9.59 Å². The van der Waals surface area contributed by atoms with Gasteiger partial charge in [0.1, 0.15) is 11.2 Å². The fourth-order valence-corrected chi connectivity index (χ4v) is 6.55. The van der Waals surface area contributed by atoms with Crippen LogP contribution in [-0.4, -0.2) is 36.9 Å². The zero-order valence-electron chi connectivity index (χ0n) is 19.9. The van der Waals surface area contributed by atoms with Crippen molar-refractivity contribution in [3.05, 3.63) is 48.1 Å². The summed E-state index contributed by atoms with van der Waals surface area (Å²) in [6.45, 7) is 14.0. The van der Waals surface area contributed by atoms with Crippen molar-refractivity contribution < 1.29 is 23.8 Å². The monoisotopic (exact) mass is 440 g/mol. The molecule has 0 spiro atoms. The van der Waals surface area contributed by atoms with E-state index in [0.717, 1.165) is 32.1 Å². The summed E-state index contributed by atoms with van der Waals surface area (Å²) in [6.07, 6.45) is 11.6. The lowest BCUT2D eigenvalue weighted by molar-refractivity contribution is -0.165. The number of allylic oxidation sites excluding steroid dienone is 3. The molecule has 4 aliphatic carbocycles. The van der Waals surface area contributed by atoms with Gasteiger partial charge in [-0.2, -0.15) is 0 Å². The summed E-state index contributed by atoms with van der Waals surface area (Å²) in [5.41, 5.74) is 0.808. The molecule has 0 aromatic carbocycles. The van der Waals surface area contributed by atoms with Gasteiger partial charge in [-0.15, -0.1) is 0 Å². The molecule has 6 unspecified atom stereocenters. The molecule has 5 nitrogen and oxygen atoms in total. The number of esters is 2. The Bertz CT molecular complexity index is 913. The van der Waals surface area contributed by atoms with Crippen LogP contribution in [-0.2, 0) is 23.8 Å². The molecule has 0 amide bonds. The number of hydrogen-bond donors (Lipinski definition) is 0. The van der Waals surface area contributed by atoms with Crippen molar-refractivity contribution in [3.8, 4) is 0 Å². The summed E-state index contributed by atoms with van der Waals surface area (Å²) in [7, 11) is 1.70. The molecule has 0 heterocycles. The highest BCUT2D eigenvalue weighted by Gasteiger charge is 2.59. The van der Waals surface area contributed by atoms with Gasteiger partial charge in [0, 0.05) is 24.7 Å². The summed E-state index contributed by atoms with van der Waals surface area (Å²) in [5, 5.41) is 0. The third-order valence-corrected chi connectivity index (χ3v) is 8.07. The van der Waals surface area contributed by atoms with Gasteiger partial charge in [0.05, 0.1) is 12.0 Å². The van der Waals surface area contributed by atoms with Crippen LogP contribution >= 0.6 is 0 Å². The Morgan fingerprint density at radius 2 is 1.81 bits per heavy atom. The lowest BCUT2D eigenvalue weighted by Gasteiger charge is -2.41. The minimum atomic E-state index is -0.572. The smallest absolute Gasteiger partial charge is 0.334 e. The lowest BCUT2D eigenvalue weighted by Crippen LogP contribution is -2.47. The standard InChI is InChI=1S/C27H36O5/c1-17(2)23(28)31-25(4)12-20-10-21(22(11-20)15-25)9-18(3)24(29)32-26(5)13-19-7-8-27(26,14-19)16-30-6/h7-8,10,19-20,22H,1,3,9,11-16H2,2,4-6H3. The van der Waals surface area contributed by atoms with Crippen LogP contribution < -0.4 is 0 Å². The topological polar surface area (TPSA) is 61.8 Å². The third-order valence-electron chi connectivity index (χ3n) is 8.07. The van der Waals surface area contributed by atoms with E-state index in [-0.39, 0.29) is 17.4 Å². The first-order chi connectivity index (χ1) is 15.0. The highest BCUT2D eigenvalue weighted by molar-refractivity contribution is 5.89. The second-order valence-electron chi connectivity index (χ2n) is 11.0.